The van der Waals surface area contributed by atoms with E-state index in [1.807, 2.05) is 24.3 Å². The lowest BCUT2D eigenvalue weighted by Gasteiger charge is -2.22. The Labute approximate surface area is 195 Å². The molecule has 32 heavy (non-hydrogen) atoms. The van der Waals surface area contributed by atoms with Gasteiger partial charge in [-0.2, -0.15) is 0 Å². The summed E-state index contributed by atoms with van der Waals surface area (Å²) in [5, 5.41) is 2.93. The number of nitrogens with zero attached hydrogens (tertiary/aromatic N) is 3. The Morgan fingerprint density at radius 3 is 2.50 bits per heavy atom. The number of nitrogens with one attached hydrogen (secondary N) is 1. The molecule has 3 fully saturated rings. The molecular weight excluding hydrogens is 448 g/mol. The minimum Gasteiger partial charge on any atom is -0.346 e. The van der Waals surface area contributed by atoms with Crippen molar-refractivity contribution >= 4 is 46.5 Å². The van der Waals surface area contributed by atoms with Gasteiger partial charge in [0.15, 0.2) is 0 Å². The van der Waals surface area contributed by atoms with E-state index in [2.05, 4.69) is 24.3 Å². The lowest BCUT2D eigenvalue weighted by molar-refractivity contribution is -0.119. The van der Waals surface area contributed by atoms with E-state index >= 15 is 0 Å². The Kier molecular flexibility index (Phi) is 5.27. The van der Waals surface area contributed by atoms with Crippen LogP contribution >= 0.6 is 22.9 Å². The highest BCUT2D eigenvalue weighted by Gasteiger charge is 2.53. The molecule has 0 unspecified atom stereocenters. The quantitative estimate of drug-likeness (QED) is 0.654. The van der Waals surface area contributed by atoms with Gasteiger partial charge in [0.2, 0.25) is 0 Å². The molecule has 5 rings (SSSR count). The van der Waals surface area contributed by atoms with Gasteiger partial charge in [-0.25, -0.2) is 9.69 Å². The van der Waals surface area contributed by atoms with E-state index in [-0.39, 0.29) is 23.3 Å². The molecule has 1 aromatic carbocycles. The number of thiophene rings is 1. The van der Waals surface area contributed by atoms with E-state index in [0.717, 1.165) is 19.4 Å². The number of benzene rings is 1. The van der Waals surface area contributed by atoms with Crippen molar-refractivity contribution < 1.29 is 14.4 Å². The minimum absolute atomic E-state index is 0.182. The number of amides is 4. The van der Waals surface area contributed by atoms with Gasteiger partial charge < -0.3 is 15.1 Å². The smallest absolute Gasteiger partial charge is 0.332 e. The summed E-state index contributed by atoms with van der Waals surface area (Å²) in [5.41, 5.74) is 2.00. The predicted molar refractivity (Wildman–Crippen MR) is 124 cm³/mol. The zero-order valence-corrected chi connectivity index (χ0v) is 19.6. The summed E-state index contributed by atoms with van der Waals surface area (Å²) in [6.07, 6.45) is 2.85. The first-order valence-electron chi connectivity index (χ1n) is 10.8. The van der Waals surface area contributed by atoms with Gasteiger partial charge in [-0.05, 0) is 63.2 Å². The zero-order valence-electron chi connectivity index (χ0n) is 18.0. The number of rotatable bonds is 6. The maximum atomic E-state index is 13.3. The third kappa shape index (κ3) is 3.60. The Hall–Kier alpha value is -2.42. The number of carbonyl (C=O) groups is 3. The molecule has 0 bridgehead atoms. The molecule has 0 spiro atoms. The number of hydrogen-bond acceptors (Lipinski definition) is 5. The Bertz CT molecular complexity index is 1080. The molecule has 2 atom stereocenters. The fourth-order valence-electron chi connectivity index (χ4n) is 4.99. The number of hydrogen-bond donors (Lipinski definition) is 1. The minimum atomic E-state index is -0.676. The highest BCUT2D eigenvalue weighted by Crippen LogP contribution is 2.49. The molecule has 1 N–H and O–H groups in total. The van der Waals surface area contributed by atoms with E-state index < -0.39 is 12.1 Å². The average molecular weight is 473 g/mol. The molecule has 1 saturated carbocycles. The van der Waals surface area contributed by atoms with Crippen LogP contribution in [0.3, 0.4) is 0 Å². The monoisotopic (exact) mass is 472 g/mol. The Morgan fingerprint density at radius 1 is 1.19 bits per heavy atom. The van der Waals surface area contributed by atoms with Crippen LogP contribution in [0.4, 0.5) is 10.5 Å². The topological polar surface area (TPSA) is 73.0 Å². The molecule has 4 amide bonds. The van der Waals surface area contributed by atoms with Crippen molar-refractivity contribution in [2.24, 2.45) is 0 Å². The Balaban J connectivity index is 1.32. The van der Waals surface area contributed by atoms with Crippen LogP contribution in [0.2, 0.25) is 4.34 Å². The third-order valence-corrected chi connectivity index (χ3v) is 7.86. The summed E-state index contributed by atoms with van der Waals surface area (Å²) < 4.78 is 0.531. The molecular formula is C23H25ClN4O3S. The molecule has 2 saturated heterocycles. The van der Waals surface area contributed by atoms with Gasteiger partial charge in [0, 0.05) is 18.5 Å². The number of anilines is 1. The van der Waals surface area contributed by atoms with Crippen molar-refractivity contribution in [2.45, 2.75) is 36.8 Å². The molecule has 3 aliphatic rings. The molecule has 1 aromatic heterocycles. The summed E-state index contributed by atoms with van der Waals surface area (Å²) in [5.74, 6) is -0.559. The molecule has 168 valence electrons. The summed E-state index contributed by atoms with van der Waals surface area (Å²) in [6, 6.07) is 9.72. The van der Waals surface area contributed by atoms with Crippen molar-refractivity contribution in [3.05, 3.63) is 51.2 Å². The normalized spacial score (nSPS) is 23.8. The molecule has 7 nitrogen and oxygen atoms in total. The number of fused-ring (bicyclic) bond motifs is 1. The van der Waals surface area contributed by atoms with Gasteiger partial charge in [0.25, 0.3) is 11.8 Å². The van der Waals surface area contributed by atoms with Crippen LogP contribution in [-0.2, 0) is 10.2 Å². The molecule has 3 heterocycles. The molecule has 2 aliphatic heterocycles. The van der Waals surface area contributed by atoms with Gasteiger partial charge in [-0.3, -0.25) is 9.59 Å². The lowest BCUT2D eigenvalue weighted by Crippen LogP contribution is -2.46. The van der Waals surface area contributed by atoms with Crippen molar-refractivity contribution in [2.75, 3.05) is 32.1 Å². The van der Waals surface area contributed by atoms with Crippen molar-refractivity contribution in [1.29, 1.82) is 0 Å². The first-order chi connectivity index (χ1) is 15.3. The molecule has 1 aliphatic carbocycles. The second kappa shape index (κ2) is 7.86. The second-order valence-electron chi connectivity index (χ2n) is 9.13. The van der Waals surface area contributed by atoms with Gasteiger partial charge in [-0.15, -0.1) is 11.3 Å². The Morgan fingerprint density at radius 2 is 1.91 bits per heavy atom. The van der Waals surface area contributed by atoms with Crippen LogP contribution in [0.15, 0.2) is 36.4 Å². The van der Waals surface area contributed by atoms with Crippen LogP contribution in [0, 0.1) is 0 Å². The van der Waals surface area contributed by atoms with E-state index in [1.54, 1.807) is 17.0 Å². The number of carbonyl (C=O) groups excluding carboxylic acids is 3. The second-order valence-corrected chi connectivity index (χ2v) is 10.8. The van der Waals surface area contributed by atoms with Crippen LogP contribution in [0.5, 0.6) is 0 Å². The zero-order chi connectivity index (χ0) is 22.6. The largest absolute Gasteiger partial charge is 0.346 e. The van der Waals surface area contributed by atoms with E-state index in [1.165, 1.54) is 21.8 Å². The lowest BCUT2D eigenvalue weighted by atomic mass is 9.95. The van der Waals surface area contributed by atoms with E-state index in [9.17, 15) is 14.4 Å². The summed E-state index contributed by atoms with van der Waals surface area (Å²) in [7, 11) is 4.15. The summed E-state index contributed by atoms with van der Waals surface area (Å²) in [4.78, 5) is 44.4. The highest BCUT2D eigenvalue weighted by molar-refractivity contribution is 7.18. The number of likely N-dealkylation sites (N-methyl/N-ethyl adjacent to an activating group) is 1. The predicted octanol–water partition coefficient (Wildman–Crippen LogP) is 3.33. The van der Waals surface area contributed by atoms with E-state index in [0.29, 0.717) is 27.9 Å². The fraction of sp³-hybridized carbons (Fsp3) is 0.435. The van der Waals surface area contributed by atoms with Crippen LogP contribution in [-0.4, -0.2) is 66.9 Å². The van der Waals surface area contributed by atoms with Gasteiger partial charge in [0.05, 0.1) is 20.9 Å². The van der Waals surface area contributed by atoms with Crippen molar-refractivity contribution in [3.8, 4) is 0 Å². The number of halogens is 1. The standard InChI is InChI=1S/C23H25ClN4O3S/c1-26(2)13-23(10-11-23)14-3-5-15(6-4-14)28-21(30)19-16(9-12-27(19)22(28)31)25-20(29)17-7-8-18(24)32-17/h3-8,16,19H,9-13H2,1-2H3,(H,25,29)/t16-,19+/m1/s1. The third-order valence-electron chi connectivity index (χ3n) is 6.63. The van der Waals surface area contributed by atoms with Crippen LogP contribution in [0.25, 0.3) is 0 Å². The van der Waals surface area contributed by atoms with Gasteiger partial charge in [0.1, 0.15) is 6.04 Å². The van der Waals surface area contributed by atoms with Crippen molar-refractivity contribution in [1.82, 2.24) is 15.1 Å². The number of urea groups is 1. The maximum Gasteiger partial charge on any atom is 0.332 e. The fourth-order valence-corrected chi connectivity index (χ4v) is 5.94. The summed E-state index contributed by atoms with van der Waals surface area (Å²) >= 11 is 7.12. The van der Waals surface area contributed by atoms with Crippen LogP contribution < -0.4 is 10.2 Å². The maximum absolute atomic E-state index is 13.3. The molecule has 2 aromatic rings. The van der Waals surface area contributed by atoms with E-state index in [4.69, 9.17) is 11.6 Å². The number of imide groups is 1. The SMILES string of the molecule is CN(C)CC1(c2ccc(N3C(=O)[C@@H]4[C@H](NC(=O)c5ccc(Cl)s5)CCN4C3=O)cc2)CC1. The average Bonchev–Trinajstić information content (AvgIpc) is 3.09. The van der Waals surface area contributed by atoms with Gasteiger partial charge in [-0.1, -0.05) is 23.7 Å². The highest BCUT2D eigenvalue weighted by atomic mass is 35.5. The first-order valence-corrected chi connectivity index (χ1v) is 11.9. The van der Waals surface area contributed by atoms with Gasteiger partial charge >= 0.3 is 6.03 Å². The van der Waals surface area contributed by atoms with Crippen molar-refractivity contribution in [3.63, 3.8) is 0 Å². The van der Waals surface area contributed by atoms with Crippen LogP contribution in [0.1, 0.15) is 34.5 Å². The molecule has 9 heteroatoms. The molecule has 0 radical (unpaired) electrons. The first kappa shape index (κ1) is 21.4. The summed E-state index contributed by atoms with van der Waals surface area (Å²) in [6.45, 7) is 1.42.